The Kier molecular flexibility index (Phi) is 5.35. The zero-order chi connectivity index (χ0) is 7.49. The third-order valence-corrected chi connectivity index (χ3v) is 9.72. The highest BCUT2D eigenvalue weighted by Gasteiger charge is 2.29. The van der Waals surface area contributed by atoms with Crippen molar-refractivity contribution in [3.63, 3.8) is 0 Å². The SMILES string of the molecule is CCCC(C)[Si](Br)(Br)Br. The van der Waals surface area contributed by atoms with Crippen molar-refractivity contribution in [2.45, 2.75) is 32.2 Å². The molecule has 0 saturated carbocycles. The maximum absolute atomic E-state index is 3.62. The minimum Gasteiger partial charge on any atom is -0.0961 e. The number of rotatable bonds is 3. The Hall–Kier alpha value is 1.66. The molecule has 9 heavy (non-hydrogen) atoms. The van der Waals surface area contributed by atoms with Crippen LogP contribution in [0.1, 0.15) is 26.7 Å². The van der Waals surface area contributed by atoms with Crippen LogP contribution in [-0.2, 0) is 0 Å². The van der Waals surface area contributed by atoms with E-state index < -0.39 is 3.93 Å². The van der Waals surface area contributed by atoms with Crippen LogP contribution < -0.4 is 0 Å². The summed E-state index contributed by atoms with van der Waals surface area (Å²) in [6, 6.07) is 0. The van der Waals surface area contributed by atoms with E-state index in [9.17, 15) is 0 Å². The molecule has 0 aliphatic heterocycles. The Labute approximate surface area is 81.5 Å². The zero-order valence-corrected chi connectivity index (χ0v) is 11.4. The minimum atomic E-state index is -1.34. The van der Waals surface area contributed by atoms with Gasteiger partial charge in [-0.05, 0) is 5.54 Å². The number of halogens is 3. The van der Waals surface area contributed by atoms with Crippen molar-refractivity contribution in [3.8, 4) is 0 Å². The van der Waals surface area contributed by atoms with Gasteiger partial charge in [0.15, 0.2) is 0 Å². The maximum atomic E-state index is 3.62. The van der Waals surface area contributed by atoms with Gasteiger partial charge in [0.1, 0.15) is 0 Å². The van der Waals surface area contributed by atoms with E-state index in [0.717, 1.165) is 5.54 Å². The van der Waals surface area contributed by atoms with E-state index in [2.05, 4.69) is 59.7 Å². The third-order valence-electron chi connectivity index (χ3n) is 1.28. The molecular weight excluding hydrogens is 328 g/mol. The average Bonchev–Trinajstić information content (AvgIpc) is 1.64. The Morgan fingerprint density at radius 1 is 1.33 bits per heavy atom. The van der Waals surface area contributed by atoms with Crippen LogP contribution in [0.3, 0.4) is 0 Å². The molecule has 0 nitrogen and oxygen atoms in total. The van der Waals surface area contributed by atoms with Crippen molar-refractivity contribution in [1.29, 1.82) is 0 Å². The predicted octanol–water partition coefficient (Wildman–Crippen LogP) is 4.30. The second-order valence-electron chi connectivity index (χ2n) is 2.23. The first-order valence-corrected chi connectivity index (χ1v) is 11.9. The first-order valence-electron chi connectivity index (χ1n) is 3.05. The molecule has 0 aromatic heterocycles. The van der Waals surface area contributed by atoms with Crippen LogP contribution in [0.5, 0.6) is 0 Å². The van der Waals surface area contributed by atoms with Gasteiger partial charge in [-0.3, -0.25) is 0 Å². The average molecular weight is 339 g/mol. The first kappa shape index (κ1) is 10.7. The van der Waals surface area contributed by atoms with Crippen molar-refractivity contribution >= 4 is 49.8 Å². The summed E-state index contributed by atoms with van der Waals surface area (Å²) in [5, 5.41) is 0. The van der Waals surface area contributed by atoms with Crippen LogP contribution in [-0.4, -0.2) is 3.93 Å². The van der Waals surface area contributed by atoms with E-state index in [-0.39, 0.29) is 0 Å². The second-order valence-corrected chi connectivity index (χ2v) is 25.1. The fourth-order valence-electron chi connectivity index (χ4n) is 0.597. The van der Waals surface area contributed by atoms with Crippen molar-refractivity contribution in [2.75, 3.05) is 0 Å². The van der Waals surface area contributed by atoms with Gasteiger partial charge in [-0.2, -0.15) is 0 Å². The van der Waals surface area contributed by atoms with E-state index in [4.69, 9.17) is 0 Å². The predicted molar refractivity (Wildman–Crippen MR) is 56.9 cm³/mol. The molecule has 56 valence electrons. The summed E-state index contributed by atoms with van der Waals surface area (Å²) in [5.41, 5.74) is 0.752. The lowest BCUT2D eigenvalue weighted by Gasteiger charge is -2.17. The summed E-state index contributed by atoms with van der Waals surface area (Å²) in [6.07, 6.45) is 2.55. The van der Waals surface area contributed by atoms with Crippen molar-refractivity contribution in [3.05, 3.63) is 0 Å². The Bertz CT molecular complexity index is 78.8. The normalized spacial score (nSPS) is 15.7. The van der Waals surface area contributed by atoms with Crippen LogP contribution in [0.25, 0.3) is 0 Å². The summed E-state index contributed by atoms with van der Waals surface area (Å²) < 4.78 is -1.34. The van der Waals surface area contributed by atoms with Gasteiger partial charge in [-0.1, -0.05) is 72.6 Å². The summed E-state index contributed by atoms with van der Waals surface area (Å²) >= 11 is 10.9. The molecule has 1 atom stereocenters. The van der Waals surface area contributed by atoms with Crippen LogP contribution in [0.15, 0.2) is 0 Å². The molecule has 0 radical (unpaired) electrons. The van der Waals surface area contributed by atoms with E-state index in [0.29, 0.717) is 0 Å². The molecule has 0 aliphatic rings. The summed E-state index contributed by atoms with van der Waals surface area (Å²) in [7, 11) is 0. The molecule has 0 fully saturated rings. The van der Waals surface area contributed by atoms with Gasteiger partial charge in [0.2, 0.25) is 0 Å². The van der Waals surface area contributed by atoms with Gasteiger partial charge in [0.25, 0.3) is 3.93 Å². The van der Waals surface area contributed by atoms with E-state index in [1.807, 2.05) is 0 Å². The van der Waals surface area contributed by atoms with Gasteiger partial charge in [0.05, 0.1) is 0 Å². The fraction of sp³-hybridized carbons (Fsp3) is 1.00. The Morgan fingerprint density at radius 3 is 1.89 bits per heavy atom. The molecule has 0 aromatic carbocycles. The lowest BCUT2D eigenvalue weighted by molar-refractivity contribution is 0.765. The van der Waals surface area contributed by atoms with Gasteiger partial charge in [-0.25, -0.2) is 0 Å². The largest absolute Gasteiger partial charge is 0.270 e. The van der Waals surface area contributed by atoms with E-state index >= 15 is 0 Å². The monoisotopic (exact) mass is 336 g/mol. The molecule has 1 unspecified atom stereocenters. The van der Waals surface area contributed by atoms with Gasteiger partial charge in [-0.15, -0.1) is 0 Å². The van der Waals surface area contributed by atoms with Crippen molar-refractivity contribution < 1.29 is 0 Å². The van der Waals surface area contributed by atoms with Crippen molar-refractivity contribution in [2.24, 2.45) is 0 Å². The van der Waals surface area contributed by atoms with Crippen LogP contribution in [0.2, 0.25) is 5.54 Å². The summed E-state index contributed by atoms with van der Waals surface area (Å²) in [4.78, 5) is 0. The molecule has 0 heterocycles. The van der Waals surface area contributed by atoms with Crippen LogP contribution in [0, 0.1) is 0 Å². The Balaban J connectivity index is 3.59. The number of hydrogen-bond donors (Lipinski definition) is 0. The van der Waals surface area contributed by atoms with Crippen molar-refractivity contribution in [1.82, 2.24) is 0 Å². The zero-order valence-electron chi connectivity index (χ0n) is 5.63. The highest BCUT2D eigenvalue weighted by Crippen LogP contribution is 2.41. The molecule has 4 heteroatoms. The molecule has 0 aromatic rings. The van der Waals surface area contributed by atoms with Gasteiger partial charge in [0, 0.05) is 0 Å². The molecule has 0 bridgehead atoms. The van der Waals surface area contributed by atoms with Crippen LogP contribution >= 0.6 is 45.9 Å². The van der Waals surface area contributed by atoms with E-state index in [1.165, 1.54) is 12.8 Å². The highest BCUT2D eigenvalue weighted by molar-refractivity contribution is 9.72. The Morgan fingerprint density at radius 2 is 1.78 bits per heavy atom. The molecule has 0 spiro atoms. The van der Waals surface area contributed by atoms with Gasteiger partial charge < -0.3 is 0 Å². The lowest BCUT2D eigenvalue weighted by Crippen LogP contribution is -2.13. The fourth-order valence-corrected chi connectivity index (χ4v) is 3.27. The molecular formula is C5H11Br3Si. The summed E-state index contributed by atoms with van der Waals surface area (Å²) in [6.45, 7) is 4.47. The standard InChI is InChI=1S/C5H11Br3Si/c1-3-4-5(2)9(6,7)8/h5H,3-4H2,1-2H3. The topological polar surface area (TPSA) is 0 Å². The second kappa shape index (κ2) is 4.52. The summed E-state index contributed by atoms with van der Waals surface area (Å²) in [5.74, 6) is 0. The molecule has 0 amide bonds. The minimum absolute atomic E-state index is 0.752. The quantitative estimate of drug-likeness (QED) is 0.531. The highest BCUT2D eigenvalue weighted by atomic mass is 80.0. The molecule has 0 N–H and O–H groups in total. The van der Waals surface area contributed by atoms with Crippen LogP contribution in [0.4, 0.5) is 0 Å². The third kappa shape index (κ3) is 4.99. The smallest absolute Gasteiger partial charge is 0.0961 e. The lowest BCUT2D eigenvalue weighted by atomic mass is 10.3. The number of hydrogen-bond acceptors (Lipinski definition) is 0. The molecule has 0 aliphatic carbocycles. The molecule has 0 saturated heterocycles. The van der Waals surface area contributed by atoms with E-state index in [1.54, 1.807) is 0 Å². The first-order chi connectivity index (χ1) is 3.98. The van der Waals surface area contributed by atoms with Gasteiger partial charge >= 0.3 is 0 Å². The molecule has 0 rings (SSSR count). The maximum Gasteiger partial charge on any atom is 0.270 e.